The molecular weight excluding hydrogens is 440 g/mol. The summed E-state index contributed by atoms with van der Waals surface area (Å²) >= 11 is 0. The Hall–Kier alpha value is -4.27. The van der Waals surface area contributed by atoms with Crippen LogP contribution in [0.4, 0.5) is 5.69 Å². The molecule has 0 bridgehead atoms. The van der Waals surface area contributed by atoms with Gasteiger partial charge in [0.1, 0.15) is 5.75 Å². The number of rotatable bonds is 13. The molecule has 0 saturated carbocycles. The van der Waals surface area contributed by atoms with E-state index in [1.165, 1.54) is 37.3 Å². The van der Waals surface area contributed by atoms with Gasteiger partial charge in [0.05, 0.1) is 25.5 Å². The summed E-state index contributed by atoms with van der Waals surface area (Å²) in [6, 6.07) is 11.3. The standard InChI is InChI=1S/C25H28N2O7/c1-5-13-27(14-6-2)24(29)17-34-25(30)18-11-12-21(22(15-18)32-4)33-16-23(28)26-19-9-7-8-10-20(19)31-3/h5-12,15H,1-2,13-14,16-17H2,3-4H3,(H,26,28). The van der Waals surface area contributed by atoms with Gasteiger partial charge in [0.15, 0.2) is 24.7 Å². The fourth-order valence-corrected chi connectivity index (χ4v) is 2.88. The first-order valence-corrected chi connectivity index (χ1v) is 10.3. The van der Waals surface area contributed by atoms with Crippen LogP contribution in [0.5, 0.6) is 17.2 Å². The number of carbonyl (C=O) groups is 3. The maximum absolute atomic E-state index is 12.4. The first-order valence-electron chi connectivity index (χ1n) is 10.3. The lowest BCUT2D eigenvalue weighted by molar-refractivity contribution is -0.133. The molecule has 180 valence electrons. The van der Waals surface area contributed by atoms with Gasteiger partial charge in [-0.05, 0) is 30.3 Å². The lowest BCUT2D eigenvalue weighted by Crippen LogP contribution is -2.35. The maximum atomic E-state index is 12.4. The molecule has 9 heteroatoms. The highest BCUT2D eigenvalue weighted by Crippen LogP contribution is 2.29. The molecule has 2 amide bonds. The average Bonchev–Trinajstić information content (AvgIpc) is 2.85. The Balaban J connectivity index is 1.97. The van der Waals surface area contributed by atoms with E-state index in [-0.39, 0.29) is 29.6 Å². The minimum absolute atomic E-state index is 0.162. The molecule has 0 spiro atoms. The van der Waals surface area contributed by atoms with E-state index in [4.69, 9.17) is 18.9 Å². The van der Waals surface area contributed by atoms with Crippen molar-refractivity contribution in [1.82, 2.24) is 4.90 Å². The van der Waals surface area contributed by atoms with Crippen molar-refractivity contribution in [3.63, 3.8) is 0 Å². The normalized spacial score (nSPS) is 9.94. The molecule has 34 heavy (non-hydrogen) atoms. The second kappa shape index (κ2) is 13.3. The summed E-state index contributed by atoms with van der Waals surface area (Å²) in [4.78, 5) is 38.3. The van der Waals surface area contributed by atoms with Crippen LogP contribution in [0, 0.1) is 0 Å². The van der Waals surface area contributed by atoms with Gasteiger partial charge in [-0.15, -0.1) is 13.2 Å². The minimum atomic E-state index is -0.704. The van der Waals surface area contributed by atoms with E-state index in [2.05, 4.69) is 18.5 Å². The van der Waals surface area contributed by atoms with Gasteiger partial charge in [0.2, 0.25) is 0 Å². The molecule has 0 atom stereocenters. The fourth-order valence-electron chi connectivity index (χ4n) is 2.88. The molecule has 0 aromatic heterocycles. The number of carbonyl (C=O) groups excluding carboxylic acids is 3. The van der Waals surface area contributed by atoms with E-state index in [1.807, 2.05) is 0 Å². The van der Waals surface area contributed by atoms with Gasteiger partial charge in [-0.2, -0.15) is 0 Å². The van der Waals surface area contributed by atoms with Gasteiger partial charge >= 0.3 is 5.97 Å². The van der Waals surface area contributed by atoms with Crippen molar-refractivity contribution < 1.29 is 33.3 Å². The van der Waals surface area contributed by atoms with E-state index in [0.29, 0.717) is 24.5 Å². The number of ether oxygens (including phenoxy) is 4. The van der Waals surface area contributed by atoms with Crippen LogP contribution in [0.3, 0.4) is 0 Å². The number of amides is 2. The summed E-state index contributed by atoms with van der Waals surface area (Å²) in [5.41, 5.74) is 0.674. The molecule has 0 fully saturated rings. The number of hydrogen-bond acceptors (Lipinski definition) is 7. The molecule has 0 saturated heterocycles. The average molecular weight is 469 g/mol. The second-order valence-corrected chi connectivity index (χ2v) is 6.85. The smallest absolute Gasteiger partial charge is 0.338 e. The predicted molar refractivity (Wildman–Crippen MR) is 127 cm³/mol. The van der Waals surface area contributed by atoms with Crippen molar-refractivity contribution in [2.75, 3.05) is 45.8 Å². The van der Waals surface area contributed by atoms with Gasteiger partial charge in [-0.3, -0.25) is 9.59 Å². The number of benzene rings is 2. The molecule has 0 heterocycles. The molecule has 0 aliphatic rings. The van der Waals surface area contributed by atoms with Gasteiger partial charge in [0.25, 0.3) is 11.8 Å². The summed E-state index contributed by atoms with van der Waals surface area (Å²) in [5.74, 6) is -0.478. The maximum Gasteiger partial charge on any atom is 0.338 e. The SMILES string of the molecule is C=CCN(CC=C)C(=O)COC(=O)c1ccc(OCC(=O)Nc2ccccc2OC)c(OC)c1. The Morgan fingerprint density at radius 2 is 1.59 bits per heavy atom. The highest BCUT2D eigenvalue weighted by molar-refractivity contribution is 5.94. The number of anilines is 1. The van der Waals surface area contributed by atoms with Crippen molar-refractivity contribution >= 4 is 23.5 Å². The van der Waals surface area contributed by atoms with Crippen LogP contribution in [0.25, 0.3) is 0 Å². The summed E-state index contributed by atoms with van der Waals surface area (Å²) in [7, 11) is 2.91. The molecule has 0 aliphatic heterocycles. The van der Waals surface area contributed by atoms with Crippen LogP contribution >= 0.6 is 0 Å². The van der Waals surface area contributed by atoms with Crippen molar-refractivity contribution in [2.24, 2.45) is 0 Å². The van der Waals surface area contributed by atoms with Gasteiger partial charge in [0, 0.05) is 13.1 Å². The van der Waals surface area contributed by atoms with Crippen molar-refractivity contribution in [1.29, 1.82) is 0 Å². The highest BCUT2D eigenvalue weighted by Gasteiger charge is 2.17. The largest absolute Gasteiger partial charge is 0.495 e. The fraction of sp³-hybridized carbons (Fsp3) is 0.240. The molecule has 9 nitrogen and oxygen atoms in total. The minimum Gasteiger partial charge on any atom is -0.495 e. The van der Waals surface area contributed by atoms with E-state index >= 15 is 0 Å². The molecule has 0 radical (unpaired) electrons. The monoisotopic (exact) mass is 468 g/mol. The van der Waals surface area contributed by atoms with Crippen molar-refractivity contribution in [2.45, 2.75) is 0 Å². The third kappa shape index (κ3) is 7.40. The zero-order chi connectivity index (χ0) is 24.9. The van der Waals surface area contributed by atoms with Crippen molar-refractivity contribution in [3.8, 4) is 17.2 Å². The van der Waals surface area contributed by atoms with Crippen LogP contribution in [0.15, 0.2) is 67.8 Å². The Kier molecular flexibility index (Phi) is 10.2. The lowest BCUT2D eigenvalue weighted by Gasteiger charge is -2.19. The molecule has 2 rings (SSSR count). The Morgan fingerprint density at radius 1 is 0.912 bits per heavy atom. The summed E-state index contributed by atoms with van der Waals surface area (Å²) in [6.45, 7) is 7.10. The lowest BCUT2D eigenvalue weighted by atomic mass is 10.2. The van der Waals surface area contributed by atoms with Crippen molar-refractivity contribution in [3.05, 3.63) is 73.3 Å². The molecule has 0 unspecified atom stereocenters. The molecule has 2 aromatic carbocycles. The van der Waals surface area contributed by atoms with Gasteiger partial charge < -0.3 is 29.2 Å². The summed E-state index contributed by atoms with van der Waals surface area (Å²) < 4.78 is 21.1. The Labute approximate surface area is 198 Å². The molecule has 0 aliphatic carbocycles. The number of nitrogens with one attached hydrogen (secondary N) is 1. The molecular formula is C25H28N2O7. The van der Waals surface area contributed by atoms with Crippen LogP contribution in [0.2, 0.25) is 0 Å². The second-order valence-electron chi connectivity index (χ2n) is 6.85. The first kappa shape index (κ1) is 26.0. The van der Waals surface area contributed by atoms with Crippen LogP contribution in [-0.4, -0.2) is 63.2 Å². The molecule has 1 N–H and O–H groups in total. The van der Waals surface area contributed by atoms with Crippen LogP contribution < -0.4 is 19.5 Å². The number of hydrogen-bond donors (Lipinski definition) is 1. The highest BCUT2D eigenvalue weighted by atomic mass is 16.5. The van der Waals surface area contributed by atoms with Gasteiger partial charge in [-0.1, -0.05) is 24.3 Å². The quantitative estimate of drug-likeness (QED) is 0.356. The predicted octanol–water partition coefficient (Wildman–Crippen LogP) is 3.08. The van der Waals surface area contributed by atoms with Gasteiger partial charge in [-0.25, -0.2) is 4.79 Å². The van der Waals surface area contributed by atoms with E-state index in [1.54, 1.807) is 36.4 Å². The van der Waals surface area contributed by atoms with E-state index in [0.717, 1.165) is 0 Å². The number of methoxy groups -OCH3 is 2. The molecule has 2 aromatic rings. The van der Waals surface area contributed by atoms with E-state index < -0.39 is 18.5 Å². The zero-order valence-corrected chi connectivity index (χ0v) is 19.2. The summed E-state index contributed by atoms with van der Waals surface area (Å²) in [5, 5.41) is 2.70. The number of esters is 1. The summed E-state index contributed by atoms with van der Waals surface area (Å²) in [6.07, 6.45) is 3.15. The van der Waals surface area contributed by atoms with E-state index in [9.17, 15) is 14.4 Å². The number of nitrogens with zero attached hydrogens (tertiary/aromatic N) is 1. The zero-order valence-electron chi connectivity index (χ0n) is 19.2. The first-order chi connectivity index (χ1) is 16.4. The third-order valence-electron chi connectivity index (χ3n) is 4.52. The van der Waals surface area contributed by atoms with Crippen LogP contribution in [-0.2, 0) is 14.3 Å². The Bertz CT molecular complexity index is 1030. The topological polar surface area (TPSA) is 103 Å². The third-order valence-corrected chi connectivity index (χ3v) is 4.52. The number of para-hydroxylation sites is 2. The Morgan fingerprint density at radius 3 is 2.24 bits per heavy atom. The van der Waals surface area contributed by atoms with Crippen LogP contribution in [0.1, 0.15) is 10.4 Å².